The van der Waals surface area contributed by atoms with E-state index in [0.717, 1.165) is 0 Å². The molecule has 0 bridgehead atoms. The maximum absolute atomic E-state index is 12.0. The molecule has 112 valence electrons. The number of anilines is 2. The van der Waals surface area contributed by atoms with Crippen LogP contribution in [0.25, 0.3) is 0 Å². The highest BCUT2D eigenvalue weighted by Crippen LogP contribution is 2.22. The second kappa shape index (κ2) is 8.09. The molecule has 0 radical (unpaired) electrons. The van der Waals surface area contributed by atoms with Crippen LogP contribution in [-0.2, 0) is 4.79 Å². The molecule has 5 nitrogen and oxygen atoms in total. The maximum atomic E-state index is 12.0. The zero-order chi connectivity index (χ0) is 15.1. The molecule has 6 heteroatoms. The standard InChI is InChI=1S/C14H22ClN3O2/c1-10(2)18(6-3-7-19)9-14(20)17-13-5-4-11(15)8-12(13)16/h4-5,8,10,19H,3,6-7,9,16H2,1-2H3,(H,17,20). The summed E-state index contributed by atoms with van der Waals surface area (Å²) in [6.45, 7) is 5.09. The summed E-state index contributed by atoms with van der Waals surface area (Å²) in [5.74, 6) is -0.134. The van der Waals surface area contributed by atoms with Crippen molar-refractivity contribution >= 4 is 28.9 Å². The fraction of sp³-hybridized carbons (Fsp3) is 0.500. The van der Waals surface area contributed by atoms with Crippen molar-refractivity contribution in [2.24, 2.45) is 0 Å². The number of aliphatic hydroxyl groups is 1. The fourth-order valence-electron chi connectivity index (χ4n) is 1.82. The van der Waals surface area contributed by atoms with Crippen LogP contribution in [0.15, 0.2) is 18.2 Å². The lowest BCUT2D eigenvalue weighted by atomic mass is 10.2. The van der Waals surface area contributed by atoms with Crippen molar-refractivity contribution < 1.29 is 9.90 Å². The van der Waals surface area contributed by atoms with Crippen LogP contribution in [0.5, 0.6) is 0 Å². The SMILES string of the molecule is CC(C)N(CCCO)CC(=O)Nc1ccc(Cl)cc1N. The summed E-state index contributed by atoms with van der Waals surface area (Å²) in [6.07, 6.45) is 0.647. The summed E-state index contributed by atoms with van der Waals surface area (Å²) in [6, 6.07) is 5.20. The second-order valence-electron chi connectivity index (χ2n) is 4.92. The van der Waals surface area contributed by atoms with Crippen molar-refractivity contribution in [2.75, 3.05) is 30.7 Å². The molecule has 0 aliphatic rings. The van der Waals surface area contributed by atoms with Crippen molar-refractivity contribution in [2.45, 2.75) is 26.3 Å². The van der Waals surface area contributed by atoms with Gasteiger partial charge in [0.1, 0.15) is 0 Å². The van der Waals surface area contributed by atoms with Crippen molar-refractivity contribution in [1.29, 1.82) is 0 Å². The number of rotatable bonds is 7. The summed E-state index contributed by atoms with van der Waals surface area (Å²) in [5.41, 5.74) is 6.80. The number of nitrogen functional groups attached to an aromatic ring is 1. The van der Waals surface area contributed by atoms with Gasteiger partial charge in [-0.3, -0.25) is 9.69 Å². The maximum Gasteiger partial charge on any atom is 0.238 e. The predicted octanol–water partition coefficient (Wildman–Crippen LogP) is 1.95. The van der Waals surface area contributed by atoms with E-state index in [1.165, 1.54) is 0 Å². The normalized spacial score (nSPS) is 11.1. The van der Waals surface area contributed by atoms with Crippen molar-refractivity contribution in [3.05, 3.63) is 23.2 Å². The Bertz CT molecular complexity index is 452. The summed E-state index contributed by atoms with van der Waals surface area (Å²) in [5, 5.41) is 12.2. The molecule has 0 saturated heterocycles. The molecule has 4 N–H and O–H groups in total. The summed E-state index contributed by atoms with van der Waals surface area (Å²) < 4.78 is 0. The third-order valence-corrected chi connectivity index (χ3v) is 3.20. The third kappa shape index (κ3) is 5.36. The Hall–Kier alpha value is -1.30. The number of nitrogens with two attached hydrogens (primary N) is 1. The van der Waals surface area contributed by atoms with E-state index < -0.39 is 0 Å². The number of aliphatic hydroxyl groups excluding tert-OH is 1. The van der Waals surface area contributed by atoms with E-state index >= 15 is 0 Å². The van der Waals surface area contributed by atoms with Crippen LogP contribution in [0.3, 0.4) is 0 Å². The number of hydrogen-bond donors (Lipinski definition) is 3. The topological polar surface area (TPSA) is 78.6 Å². The highest BCUT2D eigenvalue weighted by Gasteiger charge is 2.14. The Morgan fingerprint density at radius 3 is 2.75 bits per heavy atom. The van der Waals surface area contributed by atoms with Gasteiger partial charge in [-0.05, 0) is 38.5 Å². The Morgan fingerprint density at radius 1 is 1.50 bits per heavy atom. The number of hydrogen-bond acceptors (Lipinski definition) is 4. The van der Waals surface area contributed by atoms with Gasteiger partial charge < -0.3 is 16.2 Å². The van der Waals surface area contributed by atoms with Crippen LogP contribution in [0, 0.1) is 0 Å². The molecule has 0 aliphatic carbocycles. The summed E-state index contributed by atoms with van der Waals surface area (Å²) in [4.78, 5) is 14.0. The first kappa shape index (κ1) is 16.8. The van der Waals surface area contributed by atoms with E-state index in [4.69, 9.17) is 22.4 Å². The largest absolute Gasteiger partial charge is 0.397 e. The second-order valence-corrected chi connectivity index (χ2v) is 5.36. The number of nitrogens with zero attached hydrogens (tertiary/aromatic N) is 1. The van der Waals surface area contributed by atoms with E-state index in [9.17, 15) is 4.79 Å². The molecule has 1 amide bonds. The number of amides is 1. The van der Waals surface area contributed by atoms with Crippen LogP contribution in [0.2, 0.25) is 5.02 Å². The molecule has 0 aromatic heterocycles. The lowest BCUT2D eigenvalue weighted by Gasteiger charge is -2.25. The molecule has 0 atom stereocenters. The molecular weight excluding hydrogens is 278 g/mol. The minimum atomic E-state index is -0.134. The monoisotopic (exact) mass is 299 g/mol. The van der Waals surface area contributed by atoms with Crippen LogP contribution >= 0.6 is 11.6 Å². The Labute approximate surface area is 124 Å². The van der Waals surface area contributed by atoms with Gasteiger partial charge in [0, 0.05) is 24.2 Å². The first-order chi connectivity index (χ1) is 9.43. The number of carbonyl (C=O) groups excluding carboxylic acids is 1. The average Bonchev–Trinajstić information content (AvgIpc) is 2.37. The first-order valence-corrected chi connectivity index (χ1v) is 7.01. The van der Waals surface area contributed by atoms with E-state index in [0.29, 0.717) is 29.4 Å². The van der Waals surface area contributed by atoms with E-state index in [-0.39, 0.29) is 25.1 Å². The van der Waals surface area contributed by atoms with Gasteiger partial charge in [0.05, 0.1) is 17.9 Å². The van der Waals surface area contributed by atoms with Gasteiger partial charge in [-0.1, -0.05) is 11.6 Å². The minimum absolute atomic E-state index is 0.120. The molecule has 0 spiro atoms. The number of halogens is 1. The predicted molar refractivity (Wildman–Crippen MR) is 82.9 cm³/mol. The van der Waals surface area contributed by atoms with Crippen LogP contribution in [0.4, 0.5) is 11.4 Å². The lowest BCUT2D eigenvalue weighted by Crippen LogP contribution is -2.39. The molecular formula is C14H22ClN3O2. The van der Waals surface area contributed by atoms with Gasteiger partial charge in [-0.25, -0.2) is 0 Å². The number of carbonyl (C=O) groups is 1. The lowest BCUT2D eigenvalue weighted by molar-refractivity contribution is -0.117. The number of nitrogens with one attached hydrogen (secondary N) is 1. The summed E-state index contributed by atoms with van der Waals surface area (Å²) in [7, 11) is 0. The first-order valence-electron chi connectivity index (χ1n) is 6.63. The van der Waals surface area contributed by atoms with E-state index in [2.05, 4.69) is 5.32 Å². The Balaban J connectivity index is 2.61. The molecule has 20 heavy (non-hydrogen) atoms. The van der Waals surface area contributed by atoms with Gasteiger partial charge >= 0.3 is 0 Å². The molecule has 0 aliphatic heterocycles. The van der Waals surface area contributed by atoms with E-state index in [1.807, 2.05) is 18.7 Å². The molecule has 0 saturated carbocycles. The molecule has 0 unspecified atom stereocenters. The van der Waals surface area contributed by atoms with Gasteiger partial charge in [-0.2, -0.15) is 0 Å². The van der Waals surface area contributed by atoms with Gasteiger partial charge in [0.2, 0.25) is 5.91 Å². The van der Waals surface area contributed by atoms with Crippen molar-refractivity contribution in [1.82, 2.24) is 4.90 Å². The molecule has 0 heterocycles. The Kier molecular flexibility index (Phi) is 6.78. The quantitative estimate of drug-likeness (QED) is 0.673. The van der Waals surface area contributed by atoms with E-state index in [1.54, 1.807) is 18.2 Å². The summed E-state index contributed by atoms with van der Waals surface area (Å²) >= 11 is 5.81. The fourth-order valence-corrected chi connectivity index (χ4v) is 2.00. The minimum Gasteiger partial charge on any atom is -0.397 e. The van der Waals surface area contributed by atoms with Crippen molar-refractivity contribution in [3.63, 3.8) is 0 Å². The van der Waals surface area contributed by atoms with Gasteiger partial charge in [-0.15, -0.1) is 0 Å². The smallest absolute Gasteiger partial charge is 0.238 e. The van der Waals surface area contributed by atoms with Crippen LogP contribution < -0.4 is 11.1 Å². The molecule has 1 aromatic rings. The van der Waals surface area contributed by atoms with Crippen LogP contribution in [-0.4, -0.2) is 41.7 Å². The van der Waals surface area contributed by atoms with Crippen molar-refractivity contribution in [3.8, 4) is 0 Å². The van der Waals surface area contributed by atoms with Gasteiger partial charge in [0.25, 0.3) is 0 Å². The van der Waals surface area contributed by atoms with Crippen LogP contribution in [0.1, 0.15) is 20.3 Å². The molecule has 1 aromatic carbocycles. The zero-order valence-electron chi connectivity index (χ0n) is 11.9. The Morgan fingerprint density at radius 2 is 2.20 bits per heavy atom. The molecule has 1 rings (SSSR count). The highest BCUT2D eigenvalue weighted by molar-refractivity contribution is 6.31. The third-order valence-electron chi connectivity index (χ3n) is 2.97. The number of benzene rings is 1. The van der Waals surface area contributed by atoms with Gasteiger partial charge in [0.15, 0.2) is 0 Å². The zero-order valence-corrected chi connectivity index (χ0v) is 12.7. The average molecular weight is 300 g/mol. The molecule has 0 fully saturated rings. The highest BCUT2D eigenvalue weighted by atomic mass is 35.5.